The molecule has 2 N–H and O–H groups in total. The van der Waals surface area contributed by atoms with E-state index in [1.54, 1.807) is 0 Å². The molecule has 0 bridgehead atoms. The number of rotatable bonds is 20. The highest BCUT2D eigenvalue weighted by atomic mass is 35.5. The molecule has 0 aliphatic rings. The molecule has 182 valence electrons. The number of quaternary nitrogens is 1. The van der Waals surface area contributed by atoms with Gasteiger partial charge in [0, 0.05) is 0 Å². The molecule has 0 unspecified atom stereocenters. The Balaban J connectivity index is -0.00000108. The van der Waals surface area contributed by atoms with Gasteiger partial charge >= 0.3 is 0 Å². The largest absolute Gasteiger partial charge is 1.00 e. The number of carbonyl (C=O) groups is 1. The second-order valence-corrected chi connectivity index (χ2v) is 9.29. The Morgan fingerprint density at radius 3 is 1.23 bits per heavy atom. The fourth-order valence-corrected chi connectivity index (χ4v) is 3.81. The van der Waals surface area contributed by atoms with Crippen molar-refractivity contribution in [1.29, 1.82) is 0 Å². The van der Waals surface area contributed by atoms with E-state index in [0.29, 0.717) is 0 Å². The number of hydrogen-bond donors (Lipinski definition) is 1. The van der Waals surface area contributed by atoms with Gasteiger partial charge in [0.2, 0.25) is 5.91 Å². The van der Waals surface area contributed by atoms with Crippen LogP contribution in [-0.2, 0) is 4.79 Å². The summed E-state index contributed by atoms with van der Waals surface area (Å²) in [4.78, 5) is 9.47. The summed E-state index contributed by atoms with van der Waals surface area (Å²) in [5.41, 5.74) is 4.53. The summed E-state index contributed by atoms with van der Waals surface area (Å²) in [6.07, 6.45) is 25.8. The van der Waals surface area contributed by atoms with Gasteiger partial charge in [0.25, 0.3) is 0 Å². The molecule has 0 aromatic heterocycles. The highest BCUT2D eigenvalue weighted by molar-refractivity contribution is 5.84. The lowest BCUT2D eigenvalue weighted by atomic mass is 10.0. The first kappa shape index (κ1) is 34.1. The Bertz CT molecular complexity index is 359. The molecule has 0 atom stereocenters. The van der Waals surface area contributed by atoms with Crippen LogP contribution >= 0.6 is 0 Å². The first-order valence-electron chi connectivity index (χ1n) is 12.6. The van der Waals surface area contributed by atoms with E-state index in [-0.39, 0.29) is 12.4 Å². The van der Waals surface area contributed by atoms with E-state index in [2.05, 4.69) is 40.3 Å². The number of primary amides is 1. The third-order valence-electron chi connectivity index (χ3n) is 5.65. The van der Waals surface area contributed by atoms with Crippen LogP contribution in [0.1, 0.15) is 123 Å². The molecule has 0 aromatic carbocycles. The summed E-state index contributed by atoms with van der Waals surface area (Å²) in [6, 6.07) is 0. The SMILES string of the molecule is C=CC(N)=O.CCCCCCCCCCCCCCCCCC[N+](C)(C)CCC.[Cl-]. The van der Waals surface area contributed by atoms with Crippen LogP contribution in [0.15, 0.2) is 12.7 Å². The maximum atomic E-state index is 9.47. The van der Waals surface area contributed by atoms with Crippen LogP contribution in [0, 0.1) is 0 Å². The Morgan fingerprint density at radius 1 is 0.667 bits per heavy atom. The van der Waals surface area contributed by atoms with Gasteiger partial charge in [-0.25, -0.2) is 0 Å². The highest BCUT2D eigenvalue weighted by Gasteiger charge is 2.11. The van der Waals surface area contributed by atoms with Crippen LogP contribution in [0.2, 0.25) is 0 Å². The van der Waals surface area contributed by atoms with Gasteiger partial charge in [-0.15, -0.1) is 0 Å². The molecule has 1 amide bonds. The monoisotopic (exact) mass is 446 g/mol. The van der Waals surface area contributed by atoms with Crippen LogP contribution in [0.4, 0.5) is 0 Å². The molecule has 0 saturated carbocycles. The maximum Gasteiger partial charge on any atom is 0.240 e. The lowest BCUT2D eigenvalue weighted by Gasteiger charge is -2.29. The molecule has 0 radical (unpaired) electrons. The van der Waals surface area contributed by atoms with Gasteiger partial charge in [-0.05, 0) is 25.3 Å². The predicted molar refractivity (Wildman–Crippen MR) is 131 cm³/mol. The lowest BCUT2D eigenvalue weighted by Crippen LogP contribution is -3.00. The highest BCUT2D eigenvalue weighted by Crippen LogP contribution is 2.14. The van der Waals surface area contributed by atoms with Crippen LogP contribution in [-0.4, -0.2) is 37.6 Å². The number of amides is 1. The molecule has 0 aromatic rings. The molecule has 30 heavy (non-hydrogen) atoms. The second kappa shape index (κ2) is 26.5. The van der Waals surface area contributed by atoms with E-state index in [9.17, 15) is 4.79 Å². The van der Waals surface area contributed by atoms with Crippen molar-refractivity contribution >= 4 is 5.91 Å². The fourth-order valence-electron chi connectivity index (χ4n) is 3.81. The zero-order valence-electron chi connectivity index (χ0n) is 21.0. The lowest BCUT2D eigenvalue weighted by molar-refractivity contribution is -0.890. The van der Waals surface area contributed by atoms with Crippen LogP contribution in [0.3, 0.4) is 0 Å². The topological polar surface area (TPSA) is 43.1 Å². The minimum absolute atomic E-state index is 0. The standard InChI is InChI=1S/C23H50N.C3H5NO.ClH/c1-5-7-8-9-10-11-12-13-14-15-16-17-18-19-20-21-23-24(3,4)22-6-2;1-2-3(4)5;/h5-23H2,1-4H3;2H,1H2,(H2,4,5);1H/q+1;;/p-1. The summed E-state index contributed by atoms with van der Waals surface area (Å²) >= 11 is 0. The number of halogens is 1. The molecule has 3 nitrogen and oxygen atoms in total. The van der Waals surface area contributed by atoms with Crippen LogP contribution < -0.4 is 18.1 Å². The van der Waals surface area contributed by atoms with E-state index in [0.717, 1.165) is 6.08 Å². The normalized spacial score (nSPS) is 10.7. The fraction of sp³-hybridized carbons (Fsp3) is 0.885. The van der Waals surface area contributed by atoms with Crippen molar-refractivity contribution in [2.24, 2.45) is 5.73 Å². The van der Waals surface area contributed by atoms with Gasteiger partial charge in [0.05, 0.1) is 27.2 Å². The summed E-state index contributed by atoms with van der Waals surface area (Å²) in [5.74, 6) is -0.481. The summed E-state index contributed by atoms with van der Waals surface area (Å²) < 4.78 is 1.22. The second-order valence-electron chi connectivity index (χ2n) is 9.29. The van der Waals surface area contributed by atoms with Gasteiger partial charge in [-0.3, -0.25) is 4.79 Å². The van der Waals surface area contributed by atoms with Crippen molar-refractivity contribution in [2.75, 3.05) is 27.2 Å². The number of nitrogens with zero attached hydrogens (tertiary/aromatic N) is 1. The van der Waals surface area contributed by atoms with Crippen molar-refractivity contribution in [3.05, 3.63) is 12.7 Å². The van der Waals surface area contributed by atoms with Gasteiger partial charge in [-0.1, -0.05) is 110 Å². The van der Waals surface area contributed by atoms with Gasteiger partial charge in [0.15, 0.2) is 0 Å². The summed E-state index contributed by atoms with van der Waals surface area (Å²) in [6.45, 7) is 10.4. The average molecular weight is 447 g/mol. The van der Waals surface area contributed by atoms with Crippen LogP contribution in [0.25, 0.3) is 0 Å². The van der Waals surface area contributed by atoms with E-state index >= 15 is 0 Å². The minimum Gasteiger partial charge on any atom is -1.00 e. The molecule has 0 aliphatic carbocycles. The Labute approximate surface area is 196 Å². The quantitative estimate of drug-likeness (QED) is 0.168. The van der Waals surface area contributed by atoms with Gasteiger partial charge < -0.3 is 22.6 Å². The average Bonchev–Trinajstić information content (AvgIpc) is 2.68. The zero-order chi connectivity index (χ0) is 22.2. The number of hydrogen-bond acceptors (Lipinski definition) is 1. The molecule has 4 heteroatoms. The number of nitrogens with two attached hydrogens (primary N) is 1. The Kier molecular flexibility index (Phi) is 30.1. The maximum absolute atomic E-state index is 9.47. The van der Waals surface area contributed by atoms with Crippen LogP contribution in [0.5, 0.6) is 0 Å². The zero-order valence-corrected chi connectivity index (χ0v) is 21.8. The molecule has 0 heterocycles. The Hall–Kier alpha value is -0.540. The van der Waals surface area contributed by atoms with Crippen molar-refractivity contribution in [2.45, 2.75) is 123 Å². The molecular weight excluding hydrogens is 392 g/mol. The van der Waals surface area contributed by atoms with E-state index in [1.807, 2.05) is 0 Å². The van der Waals surface area contributed by atoms with Gasteiger partial charge in [0.1, 0.15) is 0 Å². The Morgan fingerprint density at radius 2 is 0.967 bits per heavy atom. The third-order valence-corrected chi connectivity index (χ3v) is 5.65. The van der Waals surface area contributed by atoms with Crippen molar-refractivity contribution in [3.8, 4) is 0 Å². The molecule has 0 fully saturated rings. The first-order chi connectivity index (χ1) is 13.9. The van der Waals surface area contributed by atoms with E-state index in [1.165, 1.54) is 127 Å². The van der Waals surface area contributed by atoms with Gasteiger partial charge in [-0.2, -0.15) is 0 Å². The number of unbranched alkanes of at least 4 members (excludes halogenated alkanes) is 15. The van der Waals surface area contributed by atoms with Crippen molar-refractivity contribution < 1.29 is 21.7 Å². The molecule has 0 rings (SSSR count). The molecule has 0 saturated heterocycles. The summed E-state index contributed by atoms with van der Waals surface area (Å²) in [7, 11) is 4.77. The van der Waals surface area contributed by atoms with E-state index in [4.69, 9.17) is 0 Å². The minimum atomic E-state index is -0.481. The van der Waals surface area contributed by atoms with Crippen molar-refractivity contribution in [3.63, 3.8) is 0 Å². The molecule has 0 spiro atoms. The van der Waals surface area contributed by atoms with E-state index < -0.39 is 5.91 Å². The van der Waals surface area contributed by atoms with Crippen molar-refractivity contribution in [1.82, 2.24) is 0 Å². The first-order valence-corrected chi connectivity index (χ1v) is 12.6. The predicted octanol–water partition coefficient (Wildman–Crippen LogP) is 4.40. The number of carbonyl (C=O) groups excluding carboxylic acids is 1. The smallest absolute Gasteiger partial charge is 0.240 e. The summed E-state index contributed by atoms with van der Waals surface area (Å²) in [5, 5.41) is 0. The third kappa shape index (κ3) is 32.1. The molecule has 0 aliphatic heterocycles. The molecular formula is C26H55ClN2O.